The summed E-state index contributed by atoms with van der Waals surface area (Å²) in [5.41, 5.74) is 0.255. The van der Waals surface area contributed by atoms with Gasteiger partial charge in [-0.1, -0.05) is 34.9 Å². The molecule has 0 aliphatic carbocycles. The summed E-state index contributed by atoms with van der Waals surface area (Å²) in [6, 6.07) is 6.37. The Balaban J connectivity index is 1.74. The molecule has 0 radical (unpaired) electrons. The number of hydrogen-bond acceptors (Lipinski definition) is 7. The van der Waals surface area contributed by atoms with Gasteiger partial charge in [-0.15, -0.1) is 10.2 Å². The van der Waals surface area contributed by atoms with Gasteiger partial charge in [-0.05, 0) is 30.5 Å². The molecular formula is C12H12N2O3S3. The van der Waals surface area contributed by atoms with Gasteiger partial charge in [-0.2, -0.15) is 0 Å². The highest BCUT2D eigenvalue weighted by molar-refractivity contribution is 8.02. The lowest BCUT2D eigenvalue weighted by molar-refractivity contribution is 0.0697. The third kappa shape index (κ3) is 4.39. The van der Waals surface area contributed by atoms with Crippen LogP contribution in [0.2, 0.25) is 0 Å². The molecule has 5 nitrogen and oxygen atoms in total. The van der Waals surface area contributed by atoms with Crippen molar-refractivity contribution in [3.8, 4) is 5.75 Å². The lowest BCUT2D eigenvalue weighted by Gasteiger charge is -2.05. The summed E-state index contributed by atoms with van der Waals surface area (Å²) in [6.07, 6.45) is 1.97. The van der Waals surface area contributed by atoms with Gasteiger partial charge in [0, 0.05) is 5.75 Å². The summed E-state index contributed by atoms with van der Waals surface area (Å²) in [4.78, 5) is 10.7. The van der Waals surface area contributed by atoms with Gasteiger partial charge >= 0.3 is 5.97 Å². The van der Waals surface area contributed by atoms with E-state index in [1.54, 1.807) is 47.0 Å². The second-order valence-corrected chi connectivity index (χ2v) is 6.94. The first-order valence-corrected chi connectivity index (χ1v) is 8.68. The van der Waals surface area contributed by atoms with Crippen LogP contribution in [0.4, 0.5) is 0 Å². The first kappa shape index (κ1) is 15.1. The van der Waals surface area contributed by atoms with Crippen LogP contribution in [0.15, 0.2) is 32.9 Å². The molecule has 106 valence electrons. The Morgan fingerprint density at radius 1 is 1.30 bits per heavy atom. The van der Waals surface area contributed by atoms with E-state index in [0.717, 1.165) is 14.4 Å². The molecule has 0 fully saturated rings. The highest BCUT2D eigenvalue weighted by Crippen LogP contribution is 2.27. The minimum atomic E-state index is -0.937. The zero-order chi connectivity index (χ0) is 14.4. The van der Waals surface area contributed by atoms with Crippen LogP contribution in [-0.2, 0) is 0 Å². The minimum Gasteiger partial charge on any atom is -0.493 e. The molecule has 0 bridgehead atoms. The van der Waals surface area contributed by atoms with E-state index in [-0.39, 0.29) is 5.56 Å². The zero-order valence-corrected chi connectivity index (χ0v) is 13.1. The van der Waals surface area contributed by atoms with Crippen LogP contribution in [0.5, 0.6) is 5.75 Å². The first-order valence-electron chi connectivity index (χ1n) is 5.65. The minimum absolute atomic E-state index is 0.255. The van der Waals surface area contributed by atoms with Gasteiger partial charge in [0.05, 0.1) is 12.2 Å². The number of rotatable bonds is 7. The highest BCUT2D eigenvalue weighted by atomic mass is 32.2. The summed E-state index contributed by atoms with van der Waals surface area (Å²) in [5, 5.41) is 16.8. The molecule has 1 aromatic carbocycles. The number of benzene rings is 1. The monoisotopic (exact) mass is 328 g/mol. The van der Waals surface area contributed by atoms with Crippen molar-refractivity contribution in [1.29, 1.82) is 0 Å². The molecule has 0 aliphatic heterocycles. The number of carboxylic acid groups (broad SMARTS) is 1. The molecule has 1 heterocycles. The molecule has 2 rings (SSSR count). The molecular weight excluding hydrogens is 316 g/mol. The summed E-state index contributed by atoms with van der Waals surface area (Å²) < 4.78 is 7.42. The van der Waals surface area contributed by atoms with Crippen molar-refractivity contribution in [2.75, 3.05) is 18.6 Å². The lowest BCUT2D eigenvalue weighted by Crippen LogP contribution is -2.01. The van der Waals surface area contributed by atoms with Crippen LogP contribution < -0.4 is 4.74 Å². The predicted octanol–water partition coefficient (Wildman–Crippen LogP) is 3.13. The fourth-order valence-corrected chi connectivity index (χ4v) is 3.65. The van der Waals surface area contributed by atoms with E-state index in [0.29, 0.717) is 12.4 Å². The molecule has 8 heteroatoms. The predicted molar refractivity (Wildman–Crippen MR) is 81.3 cm³/mol. The molecule has 1 N–H and O–H groups in total. The van der Waals surface area contributed by atoms with Crippen molar-refractivity contribution < 1.29 is 14.6 Å². The lowest BCUT2D eigenvalue weighted by atomic mass is 10.2. The topological polar surface area (TPSA) is 72.3 Å². The largest absolute Gasteiger partial charge is 0.493 e. The van der Waals surface area contributed by atoms with Crippen LogP contribution in [0.3, 0.4) is 0 Å². The van der Waals surface area contributed by atoms with Crippen molar-refractivity contribution >= 4 is 40.8 Å². The number of hydrogen-bond donors (Lipinski definition) is 1. The number of thioether (sulfide) groups is 2. The Labute approximate surface area is 128 Å². The summed E-state index contributed by atoms with van der Waals surface area (Å²) in [7, 11) is 0. The normalized spacial score (nSPS) is 10.4. The molecule has 0 spiro atoms. The Morgan fingerprint density at radius 3 is 2.60 bits per heavy atom. The van der Waals surface area contributed by atoms with Crippen molar-refractivity contribution in [1.82, 2.24) is 10.2 Å². The van der Waals surface area contributed by atoms with Crippen LogP contribution in [0, 0.1) is 0 Å². The van der Waals surface area contributed by atoms with Gasteiger partial charge in [-0.25, -0.2) is 4.79 Å². The number of aromatic nitrogens is 2. The Morgan fingerprint density at radius 2 is 2.00 bits per heavy atom. The summed E-state index contributed by atoms with van der Waals surface area (Å²) in [6.45, 7) is 0.533. The molecule has 0 amide bonds. The number of carboxylic acids is 1. The van der Waals surface area contributed by atoms with Gasteiger partial charge < -0.3 is 9.84 Å². The van der Waals surface area contributed by atoms with Crippen LogP contribution in [0.1, 0.15) is 10.4 Å². The molecule has 0 saturated carbocycles. The average Bonchev–Trinajstić information content (AvgIpc) is 2.92. The van der Waals surface area contributed by atoms with E-state index in [1.165, 1.54) is 12.1 Å². The SMILES string of the molecule is CSc1nnc(SCCOc2ccc(C(=O)O)cc2)s1. The van der Waals surface area contributed by atoms with Crippen LogP contribution in [-0.4, -0.2) is 39.9 Å². The number of ether oxygens (including phenoxy) is 1. The van der Waals surface area contributed by atoms with E-state index in [2.05, 4.69) is 10.2 Å². The molecule has 1 aromatic heterocycles. The molecule has 0 aliphatic rings. The maximum Gasteiger partial charge on any atom is 0.335 e. The molecule has 0 saturated heterocycles. The van der Waals surface area contributed by atoms with Crippen LogP contribution >= 0.6 is 34.9 Å². The van der Waals surface area contributed by atoms with Gasteiger partial charge in [0.15, 0.2) is 8.68 Å². The maximum atomic E-state index is 10.7. The number of carbonyl (C=O) groups is 1. The second kappa shape index (κ2) is 7.51. The van der Waals surface area contributed by atoms with E-state index >= 15 is 0 Å². The molecule has 0 atom stereocenters. The van der Waals surface area contributed by atoms with Crippen molar-refractivity contribution in [2.24, 2.45) is 0 Å². The maximum absolute atomic E-state index is 10.7. The van der Waals surface area contributed by atoms with E-state index in [4.69, 9.17) is 9.84 Å². The zero-order valence-electron chi connectivity index (χ0n) is 10.6. The quantitative estimate of drug-likeness (QED) is 0.618. The fraction of sp³-hybridized carbons (Fsp3) is 0.250. The van der Waals surface area contributed by atoms with E-state index in [9.17, 15) is 4.79 Å². The third-order valence-corrected chi connectivity index (χ3v) is 5.24. The second-order valence-electron chi connectivity index (χ2n) is 3.56. The van der Waals surface area contributed by atoms with E-state index in [1.807, 2.05) is 6.26 Å². The van der Waals surface area contributed by atoms with Crippen molar-refractivity contribution in [3.63, 3.8) is 0 Å². The molecule has 20 heavy (non-hydrogen) atoms. The number of nitrogens with zero attached hydrogens (tertiary/aromatic N) is 2. The van der Waals surface area contributed by atoms with Gasteiger partial charge in [0.1, 0.15) is 5.75 Å². The van der Waals surface area contributed by atoms with Gasteiger partial charge in [0.2, 0.25) is 0 Å². The van der Waals surface area contributed by atoms with Gasteiger partial charge in [0.25, 0.3) is 0 Å². The first-order chi connectivity index (χ1) is 9.69. The van der Waals surface area contributed by atoms with Gasteiger partial charge in [-0.3, -0.25) is 0 Å². The van der Waals surface area contributed by atoms with Crippen molar-refractivity contribution in [3.05, 3.63) is 29.8 Å². The number of aromatic carboxylic acids is 1. The fourth-order valence-electron chi connectivity index (χ4n) is 1.32. The Hall–Kier alpha value is -1.25. The summed E-state index contributed by atoms with van der Waals surface area (Å²) in [5.74, 6) is 0.495. The Bertz CT molecular complexity index is 572. The standard InChI is InChI=1S/C12H12N2O3S3/c1-18-11-13-14-12(20-11)19-7-6-17-9-4-2-8(3-5-9)10(15)16/h2-5H,6-7H2,1H3,(H,15,16). The average molecular weight is 328 g/mol. The van der Waals surface area contributed by atoms with Crippen LogP contribution in [0.25, 0.3) is 0 Å². The molecule has 2 aromatic rings. The smallest absolute Gasteiger partial charge is 0.335 e. The highest BCUT2D eigenvalue weighted by Gasteiger charge is 2.04. The summed E-state index contributed by atoms with van der Waals surface area (Å²) >= 11 is 4.75. The van der Waals surface area contributed by atoms with E-state index < -0.39 is 5.97 Å². The van der Waals surface area contributed by atoms with Crippen molar-refractivity contribution in [2.45, 2.75) is 8.68 Å². The third-order valence-electron chi connectivity index (χ3n) is 2.24. The Kier molecular flexibility index (Phi) is 5.69. The molecule has 0 unspecified atom stereocenters.